The molecule has 0 spiro atoms. The largest absolute Gasteiger partial charge is 0.384 e. The van der Waals surface area contributed by atoms with E-state index < -0.39 is 0 Å². The lowest BCUT2D eigenvalue weighted by molar-refractivity contribution is -0.140. The van der Waals surface area contributed by atoms with Crippen molar-refractivity contribution in [2.45, 2.75) is 92.4 Å². The monoisotopic (exact) mass is 997 g/mol. The molecular formula is C47H88N4O12S3. The van der Waals surface area contributed by atoms with Crippen molar-refractivity contribution in [2.24, 2.45) is 17.3 Å². The summed E-state index contributed by atoms with van der Waals surface area (Å²) in [4.78, 5) is 65.6. The van der Waals surface area contributed by atoms with Gasteiger partial charge in [0.2, 0.25) is 29.5 Å². The minimum atomic E-state index is -0.309. The maximum Gasteiger partial charge on any atom is 0.232 e. The van der Waals surface area contributed by atoms with Crippen molar-refractivity contribution in [3.05, 3.63) is 0 Å². The number of hydrogen-bond acceptors (Lipinski definition) is 15. The topological polar surface area (TPSA) is 180 Å². The lowest BCUT2D eigenvalue weighted by Crippen LogP contribution is -2.36. The molecule has 1 unspecified atom stereocenters. The van der Waals surface area contributed by atoms with Crippen LogP contribution in [-0.4, -0.2) is 200 Å². The molecule has 19 heteroatoms. The molecule has 1 saturated heterocycles. The molecule has 1 rings (SSSR count). The highest BCUT2D eigenvalue weighted by Crippen LogP contribution is 2.37. The molecule has 16 nitrogen and oxygen atoms in total. The van der Waals surface area contributed by atoms with E-state index in [2.05, 4.69) is 45.3 Å². The van der Waals surface area contributed by atoms with E-state index in [9.17, 15) is 24.0 Å². The van der Waals surface area contributed by atoms with E-state index in [1.54, 1.807) is 30.6 Å². The summed E-state index contributed by atoms with van der Waals surface area (Å²) in [5, 5.41) is 5.70. The summed E-state index contributed by atoms with van der Waals surface area (Å²) in [7, 11) is 1.72. The van der Waals surface area contributed by atoms with Crippen molar-refractivity contribution < 1.29 is 57.1 Å². The summed E-state index contributed by atoms with van der Waals surface area (Å²) >= 11 is 5.45. The SMILES string of the molecule is CCCCN(CCCSCCOC)C(=O)CCSCCOCCOCCSCCCNC(=O)CCOCCOCCOCCOCCNC(=O)CCN1C(=O)CC(CC(C)(C)C(C)C)C1=O. The predicted octanol–water partition coefficient (Wildman–Crippen LogP) is 5.19. The molecule has 1 fully saturated rings. The van der Waals surface area contributed by atoms with E-state index in [1.165, 1.54) is 4.90 Å². The Morgan fingerprint density at radius 3 is 1.77 bits per heavy atom. The lowest BCUT2D eigenvalue weighted by atomic mass is 9.74. The first-order valence-electron chi connectivity index (χ1n) is 24.3. The fraction of sp³-hybridized carbons (Fsp3) is 0.894. The molecule has 0 saturated carbocycles. The van der Waals surface area contributed by atoms with Crippen molar-refractivity contribution in [1.29, 1.82) is 0 Å². The molecule has 0 aromatic heterocycles. The van der Waals surface area contributed by atoms with Crippen LogP contribution in [0.2, 0.25) is 0 Å². The number of methoxy groups -OCH3 is 1. The van der Waals surface area contributed by atoms with Crippen LogP contribution in [0.4, 0.5) is 0 Å². The molecule has 386 valence electrons. The van der Waals surface area contributed by atoms with Crippen molar-refractivity contribution in [3.8, 4) is 0 Å². The standard InChI is InChI=1S/C47H88N4O12S3/c1-7-8-16-50(17-10-33-65-35-29-57-6)44(54)13-34-66-37-31-63-28-27-62-30-36-64-32-9-14-48-43(53)12-19-58-21-23-60-25-26-61-24-22-59-20-15-49-42(52)11-18-51-45(55)38-41(46(51)56)39-47(4,5)40(2)3/h40-41H,7-39H2,1-6H3,(H,48,53)(H,49,52). The Labute approximate surface area is 410 Å². The quantitative estimate of drug-likeness (QED) is 0.0601. The number of unbranched alkanes of at least 4 members (excludes halogenated alkanes) is 1. The van der Waals surface area contributed by atoms with E-state index in [1.807, 2.05) is 16.7 Å². The fourth-order valence-corrected chi connectivity index (χ4v) is 8.76. The molecule has 5 amide bonds. The average Bonchev–Trinajstić information content (AvgIpc) is 3.55. The van der Waals surface area contributed by atoms with Crippen LogP contribution >= 0.6 is 35.3 Å². The molecule has 0 aliphatic carbocycles. The third kappa shape index (κ3) is 33.8. The number of imide groups is 1. The summed E-state index contributed by atoms with van der Waals surface area (Å²) in [6.45, 7) is 19.7. The minimum absolute atomic E-state index is 0.0270. The summed E-state index contributed by atoms with van der Waals surface area (Å²) in [5.74, 6) is 5.32. The number of nitrogens with one attached hydrogen (secondary N) is 2. The van der Waals surface area contributed by atoms with Crippen LogP contribution in [-0.2, 0) is 57.1 Å². The average molecular weight is 997 g/mol. The Balaban J connectivity index is 1.83. The highest BCUT2D eigenvalue weighted by atomic mass is 32.2. The van der Waals surface area contributed by atoms with Crippen LogP contribution in [0, 0.1) is 17.3 Å². The number of amides is 5. The molecular weight excluding hydrogens is 909 g/mol. The van der Waals surface area contributed by atoms with Crippen LogP contribution < -0.4 is 10.6 Å². The van der Waals surface area contributed by atoms with Crippen LogP contribution in [0.3, 0.4) is 0 Å². The van der Waals surface area contributed by atoms with Crippen LogP contribution in [0.25, 0.3) is 0 Å². The summed E-state index contributed by atoms with van der Waals surface area (Å²) in [5.41, 5.74) is -0.0430. The second-order valence-corrected chi connectivity index (χ2v) is 20.7. The molecule has 66 heavy (non-hydrogen) atoms. The van der Waals surface area contributed by atoms with Crippen molar-refractivity contribution in [1.82, 2.24) is 20.4 Å². The molecule has 0 radical (unpaired) electrons. The fourth-order valence-electron chi connectivity index (χ4n) is 6.39. The number of carbonyl (C=O) groups is 5. The second-order valence-electron chi connectivity index (χ2n) is 17.0. The predicted molar refractivity (Wildman–Crippen MR) is 267 cm³/mol. The Hall–Kier alpha value is -1.68. The van der Waals surface area contributed by atoms with Crippen LogP contribution in [0.1, 0.15) is 92.4 Å². The van der Waals surface area contributed by atoms with Gasteiger partial charge in [-0.05, 0) is 48.5 Å². The summed E-state index contributed by atoms with van der Waals surface area (Å²) in [6, 6.07) is 0. The Kier molecular flexibility index (Phi) is 39.9. The number of nitrogens with zero attached hydrogens (tertiary/aromatic N) is 2. The number of hydrogen-bond donors (Lipinski definition) is 2. The van der Waals surface area contributed by atoms with Gasteiger partial charge in [0.05, 0.1) is 85.9 Å². The first-order valence-corrected chi connectivity index (χ1v) is 27.7. The first kappa shape index (κ1) is 62.3. The summed E-state index contributed by atoms with van der Waals surface area (Å²) < 4.78 is 38.5. The molecule has 1 heterocycles. The highest BCUT2D eigenvalue weighted by Gasteiger charge is 2.41. The third-order valence-electron chi connectivity index (χ3n) is 11.0. The maximum atomic E-state index is 12.8. The Bertz CT molecular complexity index is 1270. The molecule has 1 aliphatic rings. The Morgan fingerprint density at radius 1 is 0.652 bits per heavy atom. The van der Waals surface area contributed by atoms with Gasteiger partial charge in [-0.1, -0.05) is 41.0 Å². The molecule has 1 atom stereocenters. The number of ether oxygens (including phenoxy) is 7. The van der Waals surface area contributed by atoms with Gasteiger partial charge >= 0.3 is 0 Å². The van der Waals surface area contributed by atoms with Gasteiger partial charge in [-0.2, -0.15) is 35.3 Å². The number of thioether (sulfide) groups is 3. The van der Waals surface area contributed by atoms with Gasteiger partial charge in [0.1, 0.15) is 0 Å². The second kappa shape index (κ2) is 42.2. The molecule has 1 aliphatic heterocycles. The van der Waals surface area contributed by atoms with Gasteiger partial charge < -0.3 is 48.7 Å². The summed E-state index contributed by atoms with van der Waals surface area (Å²) in [6.07, 6.45) is 5.90. The number of carbonyl (C=O) groups excluding carboxylic acids is 5. The van der Waals surface area contributed by atoms with Gasteiger partial charge in [0.25, 0.3) is 0 Å². The zero-order valence-electron chi connectivity index (χ0n) is 41.5. The highest BCUT2D eigenvalue weighted by molar-refractivity contribution is 7.99. The first-order chi connectivity index (χ1) is 31.9. The van der Waals surface area contributed by atoms with Gasteiger partial charge in [0, 0.05) is 94.4 Å². The van der Waals surface area contributed by atoms with E-state index in [4.69, 9.17) is 33.2 Å². The normalized spacial score (nSPS) is 14.2. The van der Waals surface area contributed by atoms with Gasteiger partial charge in [-0.3, -0.25) is 28.9 Å². The number of likely N-dealkylation sites (tertiary alicyclic amines) is 1. The van der Waals surface area contributed by atoms with Gasteiger partial charge in [0.15, 0.2) is 0 Å². The van der Waals surface area contributed by atoms with E-state index in [0.29, 0.717) is 118 Å². The number of rotatable bonds is 47. The van der Waals surface area contributed by atoms with Gasteiger partial charge in [-0.25, -0.2) is 0 Å². The van der Waals surface area contributed by atoms with Crippen LogP contribution in [0.5, 0.6) is 0 Å². The maximum absolute atomic E-state index is 12.8. The van der Waals surface area contributed by atoms with Crippen molar-refractivity contribution in [2.75, 3.05) is 160 Å². The van der Waals surface area contributed by atoms with Crippen LogP contribution in [0.15, 0.2) is 0 Å². The molecule has 2 N–H and O–H groups in total. The van der Waals surface area contributed by atoms with Crippen molar-refractivity contribution in [3.63, 3.8) is 0 Å². The third-order valence-corrected chi connectivity index (χ3v) is 14.1. The Morgan fingerprint density at radius 2 is 1.17 bits per heavy atom. The minimum Gasteiger partial charge on any atom is -0.384 e. The van der Waals surface area contributed by atoms with Gasteiger partial charge in [-0.15, -0.1) is 0 Å². The van der Waals surface area contributed by atoms with E-state index >= 15 is 0 Å². The van der Waals surface area contributed by atoms with E-state index in [-0.39, 0.29) is 60.3 Å². The van der Waals surface area contributed by atoms with Crippen molar-refractivity contribution >= 4 is 64.8 Å². The lowest BCUT2D eigenvalue weighted by Gasteiger charge is -2.31. The molecule has 0 aromatic rings. The van der Waals surface area contributed by atoms with E-state index in [0.717, 1.165) is 79.9 Å². The zero-order valence-corrected chi connectivity index (χ0v) is 44.0. The zero-order chi connectivity index (χ0) is 48.5. The molecule has 0 bridgehead atoms. The molecule has 0 aromatic carbocycles. The smallest absolute Gasteiger partial charge is 0.232 e.